The van der Waals surface area contributed by atoms with Gasteiger partial charge in [0.05, 0.1) is 18.7 Å². The lowest BCUT2D eigenvalue weighted by Crippen LogP contribution is -2.39. The molecule has 0 aliphatic heterocycles. The number of anilines is 1. The van der Waals surface area contributed by atoms with Crippen molar-refractivity contribution < 1.29 is 14.0 Å². The fourth-order valence-electron chi connectivity index (χ4n) is 2.40. The number of hydrogen-bond donors (Lipinski definition) is 3. The van der Waals surface area contributed by atoms with Gasteiger partial charge in [0.25, 0.3) is 11.5 Å². The molecule has 2 heterocycles. The highest BCUT2D eigenvalue weighted by molar-refractivity contribution is 7.14. The van der Waals surface area contributed by atoms with E-state index in [0.717, 1.165) is 22.1 Å². The molecule has 2 aromatic heterocycles. The third-order valence-corrected chi connectivity index (χ3v) is 4.53. The van der Waals surface area contributed by atoms with Gasteiger partial charge in [-0.05, 0) is 6.07 Å². The third kappa shape index (κ3) is 4.20. The monoisotopic (exact) mass is 403 g/mol. The second kappa shape index (κ2) is 7.96. The number of benzene rings is 1. The van der Waals surface area contributed by atoms with Crippen LogP contribution in [0.3, 0.4) is 0 Å². The van der Waals surface area contributed by atoms with Gasteiger partial charge in [-0.3, -0.25) is 24.3 Å². The Labute approximate surface area is 160 Å². The van der Waals surface area contributed by atoms with Crippen molar-refractivity contribution in [1.29, 1.82) is 0 Å². The van der Waals surface area contributed by atoms with Gasteiger partial charge < -0.3 is 10.7 Å². The van der Waals surface area contributed by atoms with E-state index in [4.69, 9.17) is 5.73 Å². The molecule has 0 saturated heterocycles. The molecule has 0 radical (unpaired) electrons. The maximum atomic E-state index is 13.8. The molecule has 0 saturated carbocycles. The van der Waals surface area contributed by atoms with E-state index in [1.54, 1.807) is 11.4 Å². The van der Waals surface area contributed by atoms with Crippen molar-refractivity contribution in [3.63, 3.8) is 0 Å². The highest BCUT2D eigenvalue weighted by Crippen LogP contribution is 2.16. The summed E-state index contributed by atoms with van der Waals surface area (Å²) in [5.41, 5.74) is 3.60. The number of nitrogens with zero attached hydrogens (tertiary/aromatic N) is 2. The summed E-state index contributed by atoms with van der Waals surface area (Å²) >= 11 is 1.05. The van der Waals surface area contributed by atoms with Crippen LogP contribution in [0.2, 0.25) is 0 Å². The SMILES string of the molecule is NC(=O)Cc1csc(NC(=O)c2c[nH]c(=O)n(Cc3ccccc3F)c2=O)n1. The number of carbonyl (C=O) groups is 2. The normalized spacial score (nSPS) is 10.6. The van der Waals surface area contributed by atoms with Crippen LogP contribution in [0.15, 0.2) is 45.4 Å². The lowest BCUT2D eigenvalue weighted by Gasteiger charge is -2.08. The first-order chi connectivity index (χ1) is 13.3. The maximum absolute atomic E-state index is 13.8. The van der Waals surface area contributed by atoms with E-state index in [0.29, 0.717) is 5.69 Å². The van der Waals surface area contributed by atoms with E-state index in [1.807, 2.05) is 0 Å². The fourth-order valence-corrected chi connectivity index (χ4v) is 3.11. The van der Waals surface area contributed by atoms with Gasteiger partial charge in [0.15, 0.2) is 5.13 Å². The van der Waals surface area contributed by atoms with Gasteiger partial charge in [-0.1, -0.05) is 18.2 Å². The lowest BCUT2D eigenvalue weighted by molar-refractivity contribution is -0.117. The molecule has 0 spiro atoms. The number of rotatable bonds is 6. The molecule has 4 N–H and O–H groups in total. The van der Waals surface area contributed by atoms with Crippen molar-refractivity contribution in [2.45, 2.75) is 13.0 Å². The molecular formula is C17H14FN5O4S. The Balaban J connectivity index is 1.86. The van der Waals surface area contributed by atoms with Gasteiger partial charge in [-0.15, -0.1) is 11.3 Å². The quantitative estimate of drug-likeness (QED) is 0.549. The second-order valence-electron chi connectivity index (χ2n) is 5.73. The molecule has 3 aromatic rings. The Bertz CT molecular complexity index is 1170. The Morgan fingerprint density at radius 1 is 1.29 bits per heavy atom. The van der Waals surface area contributed by atoms with Crippen LogP contribution in [-0.2, 0) is 17.8 Å². The summed E-state index contributed by atoms with van der Waals surface area (Å²) in [4.78, 5) is 54.2. The number of primary amides is 1. The molecule has 2 amide bonds. The number of aromatic amines is 1. The summed E-state index contributed by atoms with van der Waals surface area (Å²) < 4.78 is 14.6. The number of thiazole rings is 1. The fraction of sp³-hybridized carbons (Fsp3) is 0.118. The van der Waals surface area contributed by atoms with Crippen LogP contribution in [0.5, 0.6) is 0 Å². The Morgan fingerprint density at radius 3 is 2.75 bits per heavy atom. The van der Waals surface area contributed by atoms with Crippen LogP contribution in [-0.4, -0.2) is 26.3 Å². The maximum Gasteiger partial charge on any atom is 0.328 e. The third-order valence-electron chi connectivity index (χ3n) is 3.72. The van der Waals surface area contributed by atoms with Crippen molar-refractivity contribution in [1.82, 2.24) is 14.5 Å². The topological polar surface area (TPSA) is 140 Å². The number of nitrogens with two attached hydrogens (primary N) is 1. The van der Waals surface area contributed by atoms with E-state index in [-0.39, 0.29) is 29.2 Å². The number of nitrogens with one attached hydrogen (secondary N) is 2. The number of H-pyrrole nitrogens is 1. The van der Waals surface area contributed by atoms with Crippen molar-refractivity contribution >= 4 is 28.3 Å². The zero-order valence-electron chi connectivity index (χ0n) is 14.3. The van der Waals surface area contributed by atoms with Crippen LogP contribution in [0.25, 0.3) is 0 Å². The van der Waals surface area contributed by atoms with Crippen molar-refractivity contribution in [2.75, 3.05) is 5.32 Å². The first kappa shape index (κ1) is 19.2. The molecule has 9 nitrogen and oxygen atoms in total. The summed E-state index contributed by atoms with van der Waals surface area (Å²) in [5.74, 6) is -1.95. The molecular weight excluding hydrogens is 389 g/mol. The molecule has 0 fully saturated rings. The average molecular weight is 403 g/mol. The van der Waals surface area contributed by atoms with Gasteiger partial charge in [0.1, 0.15) is 11.4 Å². The number of hydrogen-bond acceptors (Lipinski definition) is 6. The van der Waals surface area contributed by atoms with E-state index in [2.05, 4.69) is 15.3 Å². The molecule has 144 valence electrons. The average Bonchev–Trinajstić information content (AvgIpc) is 3.06. The Morgan fingerprint density at radius 2 is 2.04 bits per heavy atom. The molecule has 0 bridgehead atoms. The minimum Gasteiger partial charge on any atom is -0.369 e. The van der Waals surface area contributed by atoms with E-state index >= 15 is 0 Å². The van der Waals surface area contributed by atoms with Crippen molar-refractivity contribution in [3.8, 4) is 0 Å². The zero-order chi connectivity index (χ0) is 20.3. The van der Waals surface area contributed by atoms with Crippen LogP contribution >= 0.6 is 11.3 Å². The van der Waals surface area contributed by atoms with Gasteiger partial charge in [0.2, 0.25) is 5.91 Å². The molecule has 11 heteroatoms. The summed E-state index contributed by atoms with van der Waals surface area (Å²) in [6, 6.07) is 5.69. The number of carbonyl (C=O) groups excluding carboxylic acids is 2. The second-order valence-corrected chi connectivity index (χ2v) is 6.59. The Kier molecular flexibility index (Phi) is 5.45. The zero-order valence-corrected chi connectivity index (χ0v) is 15.1. The van der Waals surface area contributed by atoms with Gasteiger partial charge in [-0.25, -0.2) is 14.2 Å². The number of amides is 2. The standard InChI is InChI=1S/C17H14FN5O4S/c18-12-4-2-1-3-9(12)7-23-15(26)11(6-20-17(23)27)14(25)22-16-21-10(8-28-16)5-13(19)24/h1-4,6,8H,5,7H2,(H2,19,24)(H,20,27)(H,21,22,25). The molecule has 0 aliphatic carbocycles. The van der Waals surface area contributed by atoms with E-state index in [1.165, 1.54) is 18.2 Å². The summed E-state index contributed by atoms with van der Waals surface area (Å²) in [6.07, 6.45) is 0.899. The van der Waals surface area contributed by atoms with Crippen molar-refractivity contribution in [3.05, 3.63) is 79.3 Å². The molecule has 0 atom stereocenters. The van der Waals surface area contributed by atoms with Crippen molar-refractivity contribution in [2.24, 2.45) is 5.73 Å². The minimum absolute atomic E-state index is 0.0829. The smallest absolute Gasteiger partial charge is 0.328 e. The summed E-state index contributed by atoms with van der Waals surface area (Å²) in [6.45, 7) is -0.331. The number of halogens is 1. The van der Waals surface area contributed by atoms with Crippen LogP contribution < -0.4 is 22.3 Å². The molecule has 3 rings (SSSR count). The van der Waals surface area contributed by atoms with Gasteiger partial charge in [0, 0.05) is 17.1 Å². The summed E-state index contributed by atoms with van der Waals surface area (Å²) in [7, 11) is 0. The van der Waals surface area contributed by atoms with E-state index in [9.17, 15) is 23.6 Å². The molecule has 0 unspecified atom stereocenters. The van der Waals surface area contributed by atoms with Gasteiger partial charge >= 0.3 is 5.69 Å². The van der Waals surface area contributed by atoms with Crippen LogP contribution in [0.1, 0.15) is 21.6 Å². The molecule has 1 aromatic carbocycles. The summed E-state index contributed by atoms with van der Waals surface area (Å²) in [5, 5.41) is 4.13. The number of aromatic nitrogens is 3. The first-order valence-corrected chi connectivity index (χ1v) is 8.83. The Hall–Kier alpha value is -3.60. The molecule has 28 heavy (non-hydrogen) atoms. The highest BCUT2D eigenvalue weighted by Gasteiger charge is 2.17. The highest BCUT2D eigenvalue weighted by atomic mass is 32.1. The minimum atomic E-state index is -0.876. The van der Waals surface area contributed by atoms with E-state index < -0.39 is 28.9 Å². The van der Waals surface area contributed by atoms with Gasteiger partial charge in [-0.2, -0.15) is 0 Å². The first-order valence-electron chi connectivity index (χ1n) is 7.95. The largest absolute Gasteiger partial charge is 0.369 e. The van der Waals surface area contributed by atoms with Crippen LogP contribution in [0.4, 0.5) is 9.52 Å². The lowest BCUT2D eigenvalue weighted by atomic mass is 10.2. The predicted molar refractivity (Wildman–Crippen MR) is 99.8 cm³/mol. The molecule has 0 aliphatic rings. The van der Waals surface area contributed by atoms with Crippen LogP contribution in [0, 0.1) is 5.82 Å². The predicted octanol–water partition coefficient (Wildman–Crippen LogP) is 0.461.